The number of halogens is 1. The van der Waals surface area contributed by atoms with Crippen LogP contribution in [0.3, 0.4) is 0 Å². The molecular weight excluding hydrogens is 362 g/mol. The minimum Gasteiger partial charge on any atom is -0.355 e. The molecule has 0 unspecified atom stereocenters. The predicted molar refractivity (Wildman–Crippen MR) is 107 cm³/mol. The molecule has 0 fully saturated rings. The quantitative estimate of drug-likeness (QED) is 0.613. The van der Waals surface area contributed by atoms with E-state index >= 15 is 0 Å². The molecule has 6 heteroatoms. The molecular formula is C21H18ClN3O2. The second-order valence-corrected chi connectivity index (χ2v) is 6.37. The van der Waals surface area contributed by atoms with Crippen LogP contribution in [0.15, 0.2) is 66.9 Å². The van der Waals surface area contributed by atoms with Gasteiger partial charge in [0, 0.05) is 34.7 Å². The summed E-state index contributed by atoms with van der Waals surface area (Å²) in [5.41, 5.74) is 3.20. The zero-order chi connectivity index (χ0) is 19.2. The van der Waals surface area contributed by atoms with E-state index in [1.807, 2.05) is 24.3 Å². The van der Waals surface area contributed by atoms with Crippen molar-refractivity contribution in [2.75, 3.05) is 5.32 Å². The Labute approximate surface area is 162 Å². The lowest BCUT2D eigenvalue weighted by atomic mass is 10.1. The minimum atomic E-state index is -0.295. The monoisotopic (exact) mass is 379 g/mol. The Kier molecular flexibility index (Phi) is 5.84. The normalized spacial score (nSPS) is 10.3. The van der Waals surface area contributed by atoms with E-state index in [2.05, 4.69) is 15.6 Å². The summed E-state index contributed by atoms with van der Waals surface area (Å²) < 4.78 is 0. The van der Waals surface area contributed by atoms with Gasteiger partial charge in [-0.1, -0.05) is 41.9 Å². The first-order valence-corrected chi connectivity index (χ1v) is 8.76. The van der Waals surface area contributed by atoms with Crippen molar-refractivity contribution < 1.29 is 9.59 Å². The SMILES string of the molecule is CC(=O)c1cccc(Nc2ccnc(C(=O)NCc3ccccc3Cl)c2)c1. The first kappa shape index (κ1) is 18.6. The largest absolute Gasteiger partial charge is 0.355 e. The standard InChI is InChI=1S/C21H18ClN3O2/c1-14(26)15-6-4-7-17(11-15)25-18-9-10-23-20(12-18)21(27)24-13-16-5-2-3-8-19(16)22/h2-12H,13H2,1H3,(H,23,25)(H,24,27). The van der Waals surface area contributed by atoms with Crippen LogP contribution in [0.2, 0.25) is 5.02 Å². The number of ketones is 1. The molecule has 1 aromatic heterocycles. The number of hydrogen-bond acceptors (Lipinski definition) is 4. The van der Waals surface area contributed by atoms with Crippen LogP contribution < -0.4 is 10.6 Å². The molecule has 0 aliphatic rings. The number of hydrogen-bond donors (Lipinski definition) is 2. The van der Waals surface area contributed by atoms with E-state index in [4.69, 9.17) is 11.6 Å². The highest BCUT2D eigenvalue weighted by molar-refractivity contribution is 6.31. The number of carbonyl (C=O) groups is 2. The smallest absolute Gasteiger partial charge is 0.270 e. The van der Waals surface area contributed by atoms with Gasteiger partial charge in [-0.05, 0) is 42.8 Å². The van der Waals surface area contributed by atoms with E-state index in [0.717, 1.165) is 11.3 Å². The molecule has 136 valence electrons. The Balaban J connectivity index is 1.69. The third-order valence-electron chi connectivity index (χ3n) is 3.95. The number of carbonyl (C=O) groups excluding carboxylic acids is 2. The maximum absolute atomic E-state index is 12.4. The molecule has 0 saturated heterocycles. The lowest BCUT2D eigenvalue weighted by molar-refractivity contribution is 0.0945. The lowest BCUT2D eigenvalue weighted by Crippen LogP contribution is -2.24. The van der Waals surface area contributed by atoms with Gasteiger partial charge in [-0.2, -0.15) is 0 Å². The van der Waals surface area contributed by atoms with Crippen molar-refractivity contribution >= 4 is 34.7 Å². The summed E-state index contributed by atoms with van der Waals surface area (Å²) in [7, 11) is 0. The Morgan fingerprint density at radius 1 is 1.00 bits per heavy atom. The Bertz CT molecular complexity index is 988. The number of rotatable bonds is 6. The summed E-state index contributed by atoms with van der Waals surface area (Å²) in [6, 6.07) is 17.9. The molecule has 5 nitrogen and oxygen atoms in total. The van der Waals surface area contributed by atoms with E-state index < -0.39 is 0 Å². The van der Waals surface area contributed by atoms with E-state index in [9.17, 15) is 9.59 Å². The van der Waals surface area contributed by atoms with Crippen LogP contribution in [-0.2, 0) is 6.54 Å². The molecule has 0 aliphatic carbocycles. The third-order valence-corrected chi connectivity index (χ3v) is 4.32. The number of pyridine rings is 1. The van der Waals surface area contributed by atoms with Crippen LogP contribution in [0.5, 0.6) is 0 Å². The van der Waals surface area contributed by atoms with Gasteiger partial charge in [0.15, 0.2) is 5.78 Å². The fourth-order valence-corrected chi connectivity index (χ4v) is 2.73. The maximum atomic E-state index is 12.4. The highest BCUT2D eigenvalue weighted by Crippen LogP contribution is 2.19. The minimum absolute atomic E-state index is 0.00646. The second-order valence-electron chi connectivity index (χ2n) is 5.97. The molecule has 0 spiro atoms. The summed E-state index contributed by atoms with van der Waals surface area (Å²) in [5.74, 6) is -0.302. The van der Waals surface area contributed by atoms with Crippen molar-refractivity contribution in [2.24, 2.45) is 0 Å². The molecule has 3 rings (SSSR count). The molecule has 0 aliphatic heterocycles. The van der Waals surface area contributed by atoms with Gasteiger partial charge in [0.2, 0.25) is 0 Å². The zero-order valence-electron chi connectivity index (χ0n) is 14.7. The van der Waals surface area contributed by atoms with E-state index in [1.165, 1.54) is 6.92 Å². The average molecular weight is 380 g/mol. The van der Waals surface area contributed by atoms with Crippen LogP contribution in [0.1, 0.15) is 33.3 Å². The van der Waals surface area contributed by atoms with Crippen LogP contribution in [0.25, 0.3) is 0 Å². The number of amides is 1. The molecule has 1 heterocycles. The highest BCUT2D eigenvalue weighted by atomic mass is 35.5. The fraction of sp³-hybridized carbons (Fsp3) is 0.0952. The first-order valence-electron chi connectivity index (χ1n) is 8.38. The molecule has 2 N–H and O–H groups in total. The second kappa shape index (κ2) is 8.47. The molecule has 0 radical (unpaired) electrons. The van der Waals surface area contributed by atoms with Crippen molar-refractivity contribution in [1.82, 2.24) is 10.3 Å². The molecule has 27 heavy (non-hydrogen) atoms. The molecule has 1 amide bonds. The fourth-order valence-electron chi connectivity index (χ4n) is 2.52. The van der Waals surface area contributed by atoms with Crippen molar-refractivity contribution in [3.63, 3.8) is 0 Å². The number of anilines is 2. The van der Waals surface area contributed by atoms with Crippen molar-refractivity contribution in [3.05, 3.63) is 88.7 Å². The van der Waals surface area contributed by atoms with Crippen LogP contribution >= 0.6 is 11.6 Å². The lowest BCUT2D eigenvalue weighted by Gasteiger charge is -2.10. The molecule has 3 aromatic rings. The van der Waals surface area contributed by atoms with E-state index in [0.29, 0.717) is 22.8 Å². The van der Waals surface area contributed by atoms with Gasteiger partial charge < -0.3 is 10.6 Å². The molecule has 2 aromatic carbocycles. The average Bonchev–Trinajstić information content (AvgIpc) is 2.67. The topological polar surface area (TPSA) is 71.1 Å². The van der Waals surface area contributed by atoms with Crippen molar-refractivity contribution in [2.45, 2.75) is 13.5 Å². The zero-order valence-corrected chi connectivity index (χ0v) is 15.5. The van der Waals surface area contributed by atoms with E-state index in [-0.39, 0.29) is 17.4 Å². The van der Waals surface area contributed by atoms with Crippen molar-refractivity contribution in [3.8, 4) is 0 Å². The van der Waals surface area contributed by atoms with Gasteiger partial charge in [0.05, 0.1) is 0 Å². The van der Waals surface area contributed by atoms with Gasteiger partial charge in [0.25, 0.3) is 5.91 Å². The van der Waals surface area contributed by atoms with Crippen LogP contribution in [-0.4, -0.2) is 16.7 Å². The number of Topliss-reactive ketones (excluding diaryl/α,β-unsaturated/α-hetero) is 1. The first-order chi connectivity index (χ1) is 13.0. The Morgan fingerprint density at radius 3 is 2.56 bits per heavy atom. The number of benzene rings is 2. The predicted octanol–water partition coefficient (Wildman–Crippen LogP) is 4.61. The van der Waals surface area contributed by atoms with Crippen LogP contribution in [0, 0.1) is 0 Å². The van der Waals surface area contributed by atoms with Crippen LogP contribution in [0.4, 0.5) is 11.4 Å². The highest BCUT2D eigenvalue weighted by Gasteiger charge is 2.09. The summed E-state index contributed by atoms with van der Waals surface area (Å²) in [4.78, 5) is 28.0. The van der Waals surface area contributed by atoms with E-state index in [1.54, 1.807) is 42.6 Å². The summed E-state index contributed by atoms with van der Waals surface area (Å²) in [6.45, 7) is 1.84. The summed E-state index contributed by atoms with van der Waals surface area (Å²) in [5, 5.41) is 6.60. The van der Waals surface area contributed by atoms with Crippen molar-refractivity contribution in [1.29, 1.82) is 0 Å². The number of aromatic nitrogens is 1. The maximum Gasteiger partial charge on any atom is 0.270 e. The Hall–Kier alpha value is -3.18. The van der Waals surface area contributed by atoms with Gasteiger partial charge >= 0.3 is 0 Å². The van der Waals surface area contributed by atoms with Gasteiger partial charge in [-0.25, -0.2) is 0 Å². The molecule has 0 saturated carbocycles. The number of nitrogens with zero attached hydrogens (tertiary/aromatic N) is 1. The molecule has 0 bridgehead atoms. The van der Waals surface area contributed by atoms with Gasteiger partial charge in [0.1, 0.15) is 5.69 Å². The summed E-state index contributed by atoms with van der Waals surface area (Å²) >= 11 is 6.10. The third kappa shape index (κ3) is 4.92. The van der Waals surface area contributed by atoms with Gasteiger partial charge in [-0.15, -0.1) is 0 Å². The van der Waals surface area contributed by atoms with Gasteiger partial charge in [-0.3, -0.25) is 14.6 Å². The summed E-state index contributed by atoms with van der Waals surface area (Å²) in [6.07, 6.45) is 1.56. The number of nitrogens with one attached hydrogen (secondary N) is 2. The Morgan fingerprint density at radius 2 is 1.78 bits per heavy atom. The molecule has 0 atom stereocenters.